The van der Waals surface area contributed by atoms with Crippen LogP contribution in [0.5, 0.6) is 0 Å². The summed E-state index contributed by atoms with van der Waals surface area (Å²) in [6, 6.07) is 17.7. The van der Waals surface area contributed by atoms with Gasteiger partial charge in [-0.1, -0.05) is 54.1 Å². The number of nitrogens with one attached hydrogen (secondary N) is 2. The quantitative estimate of drug-likeness (QED) is 0.715. The number of H-pyrrole nitrogens is 1. The molecule has 3 rings (SSSR count). The first-order chi connectivity index (χ1) is 11.7. The van der Waals surface area contributed by atoms with E-state index in [-0.39, 0.29) is 11.8 Å². The zero-order chi connectivity index (χ0) is 16.8. The Morgan fingerprint density at radius 2 is 1.92 bits per heavy atom. The van der Waals surface area contributed by atoms with Crippen molar-refractivity contribution in [1.29, 1.82) is 0 Å². The van der Waals surface area contributed by atoms with Crippen LogP contribution >= 0.6 is 11.6 Å². The molecule has 0 fully saturated rings. The van der Waals surface area contributed by atoms with Crippen molar-refractivity contribution in [3.63, 3.8) is 0 Å². The van der Waals surface area contributed by atoms with E-state index >= 15 is 0 Å². The molecule has 122 valence electrons. The molecule has 1 unspecified atom stereocenters. The largest absolute Gasteiger partial charge is 0.349 e. The van der Waals surface area contributed by atoms with Gasteiger partial charge in [0.05, 0.1) is 6.54 Å². The molecule has 1 heterocycles. The Morgan fingerprint density at radius 3 is 2.62 bits per heavy atom. The van der Waals surface area contributed by atoms with E-state index in [1.807, 2.05) is 54.6 Å². The van der Waals surface area contributed by atoms with Crippen LogP contribution in [0, 0.1) is 0 Å². The van der Waals surface area contributed by atoms with Gasteiger partial charge in [0.15, 0.2) is 0 Å². The van der Waals surface area contributed by atoms with E-state index in [2.05, 4.69) is 15.3 Å². The summed E-state index contributed by atoms with van der Waals surface area (Å²) in [6.45, 7) is 0.392. The highest BCUT2D eigenvalue weighted by atomic mass is 35.5. The van der Waals surface area contributed by atoms with Crippen LogP contribution in [0.25, 0.3) is 0 Å². The second kappa shape index (κ2) is 7.79. The Hall–Kier alpha value is -2.59. The van der Waals surface area contributed by atoms with Crippen LogP contribution < -0.4 is 5.32 Å². The lowest BCUT2D eigenvalue weighted by molar-refractivity contribution is -0.121. The summed E-state index contributed by atoms with van der Waals surface area (Å²) in [5, 5.41) is 3.57. The molecule has 0 bridgehead atoms. The van der Waals surface area contributed by atoms with E-state index in [1.54, 1.807) is 12.4 Å². The normalized spacial score (nSPS) is 11.9. The fraction of sp³-hybridized carbons (Fsp3) is 0.158. The summed E-state index contributed by atoms with van der Waals surface area (Å²) >= 11 is 6.13. The molecule has 0 saturated heterocycles. The lowest BCUT2D eigenvalue weighted by Crippen LogP contribution is -2.25. The lowest BCUT2D eigenvalue weighted by Gasteiger charge is -2.18. The van der Waals surface area contributed by atoms with Crippen LogP contribution in [-0.4, -0.2) is 15.9 Å². The molecule has 0 aliphatic carbocycles. The molecule has 4 nitrogen and oxygen atoms in total. The van der Waals surface area contributed by atoms with Crippen molar-refractivity contribution in [1.82, 2.24) is 15.3 Å². The molecule has 1 atom stereocenters. The molecule has 2 aromatic carbocycles. The third kappa shape index (κ3) is 4.24. The number of amides is 1. The van der Waals surface area contributed by atoms with Gasteiger partial charge < -0.3 is 10.3 Å². The molecule has 0 aliphatic heterocycles. The average Bonchev–Trinajstić information content (AvgIpc) is 3.12. The molecule has 24 heavy (non-hydrogen) atoms. The number of hydrogen-bond acceptors (Lipinski definition) is 2. The summed E-state index contributed by atoms with van der Waals surface area (Å²) in [5.41, 5.74) is 2.12. The second-order valence-electron chi connectivity index (χ2n) is 5.53. The molecule has 1 amide bonds. The Labute approximate surface area is 145 Å². The Morgan fingerprint density at radius 1 is 1.12 bits per heavy atom. The SMILES string of the molecule is O=C(CC(c1ccccc1)c1cccc(Cl)c1)NCc1ncc[nH]1. The van der Waals surface area contributed by atoms with Gasteiger partial charge in [-0.15, -0.1) is 0 Å². The monoisotopic (exact) mass is 339 g/mol. The van der Waals surface area contributed by atoms with Gasteiger partial charge >= 0.3 is 0 Å². The van der Waals surface area contributed by atoms with Gasteiger partial charge in [-0.05, 0) is 23.3 Å². The van der Waals surface area contributed by atoms with Gasteiger partial charge in [0.25, 0.3) is 0 Å². The maximum Gasteiger partial charge on any atom is 0.221 e. The number of carbonyl (C=O) groups excluding carboxylic acids is 1. The van der Waals surface area contributed by atoms with Crippen LogP contribution in [0.3, 0.4) is 0 Å². The van der Waals surface area contributed by atoms with Crippen LogP contribution in [-0.2, 0) is 11.3 Å². The fourth-order valence-electron chi connectivity index (χ4n) is 2.67. The molecular weight excluding hydrogens is 322 g/mol. The Kier molecular flexibility index (Phi) is 5.29. The summed E-state index contributed by atoms with van der Waals surface area (Å²) in [4.78, 5) is 19.5. The third-order valence-corrected chi connectivity index (χ3v) is 4.09. The molecule has 5 heteroatoms. The van der Waals surface area contributed by atoms with Crippen molar-refractivity contribution < 1.29 is 4.79 Å². The number of nitrogens with zero attached hydrogens (tertiary/aromatic N) is 1. The van der Waals surface area contributed by atoms with Gasteiger partial charge in [-0.25, -0.2) is 4.98 Å². The first-order valence-electron chi connectivity index (χ1n) is 7.78. The summed E-state index contributed by atoms with van der Waals surface area (Å²) in [5.74, 6) is 0.670. The highest BCUT2D eigenvalue weighted by molar-refractivity contribution is 6.30. The molecular formula is C19H18ClN3O. The van der Waals surface area contributed by atoms with Crippen molar-refractivity contribution in [2.45, 2.75) is 18.9 Å². The Balaban J connectivity index is 1.76. The van der Waals surface area contributed by atoms with Crippen molar-refractivity contribution in [2.24, 2.45) is 0 Å². The second-order valence-corrected chi connectivity index (χ2v) is 5.97. The van der Waals surface area contributed by atoms with Crippen LogP contribution in [0.1, 0.15) is 29.3 Å². The number of halogens is 1. The maximum absolute atomic E-state index is 12.4. The van der Waals surface area contributed by atoms with E-state index in [0.29, 0.717) is 18.0 Å². The third-order valence-electron chi connectivity index (χ3n) is 3.85. The minimum Gasteiger partial charge on any atom is -0.349 e. The molecule has 2 N–H and O–H groups in total. The van der Waals surface area contributed by atoms with Gasteiger partial charge in [0.1, 0.15) is 5.82 Å². The fourth-order valence-corrected chi connectivity index (χ4v) is 2.87. The minimum absolute atomic E-state index is 0.0276. The van der Waals surface area contributed by atoms with Crippen LogP contribution in [0.4, 0.5) is 0 Å². The predicted octanol–water partition coefficient (Wildman–Crippen LogP) is 3.90. The van der Waals surface area contributed by atoms with Crippen molar-refractivity contribution in [3.05, 3.63) is 89.0 Å². The van der Waals surface area contributed by atoms with E-state index in [9.17, 15) is 4.79 Å². The zero-order valence-corrected chi connectivity index (χ0v) is 13.8. The molecule has 0 aliphatic rings. The number of hydrogen-bond donors (Lipinski definition) is 2. The summed E-state index contributed by atoms with van der Waals surface area (Å²) < 4.78 is 0. The topological polar surface area (TPSA) is 57.8 Å². The highest BCUT2D eigenvalue weighted by Crippen LogP contribution is 2.29. The van der Waals surface area contributed by atoms with Crippen molar-refractivity contribution in [2.75, 3.05) is 0 Å². The highest BCUT2D eigenvalue weighted by Gasteiger charge is 2.18. The number of rotatable bonds is 6. The van der Waals surface area contributed by atoms with Gasteiger partial charge in [-0.3, -0.25) is 4.79 Å². The van der Waals surface area contributed by atoms with E-state index in [1.165, 1.54) is 0 Å². The molecule has 3 aromatic rings. The summed E-state index contributed by atoms with van der Waals surface area (Å²) in [6.07, 6.45) is 3.76. The number of carbonyl (C=O) groups is 1. The smallest absolute Gasteiger partial charge is 0.221 e. The lowest BCUT2D eigenvalue weighted by atomic mass is 9.88. The Bertz CT molecular complexity index is 787. The molecule has 0 saturated carbocycles. The number of aromatic nitrogens is 2. The zero-order valence-electron chi connectivity index (χ0n) is 13.1. The molecule has 0 radical (unpaired) electrons. The number of imidazole rings is 1. The first-order valence-corrected chi connectivity index (χ1v) is 8.15. The summed E-state index contributed by atoms with van der Waals surface area (Å²) in [7, 11) is 0. The molecule has 1 aromatic heterocycles. The molecule has 0 spiro atoms. The van der Waals surface area contributed by atoms with Gasteiger partial charge in [0.2, 0.25) is 5.91 Å². The van der Waals surface area contributed by atoms with Crippen LogP contribution in [0.15, 0.2) is 67.0 Å². The van der Waals surface area contributed by atoms with Gasteiger partial charge in [-0.2, -0.15) is 0 Å². The van der Waals surface area contributed by atoms with Crippen molar-refractivity contribution in [3.8, 4) is 0 Å². The van der Waals surface area contributed by atoms with Gasteiger partial charge in [0, 0.05) is 29.8 Å². The standard InChI is InChI=1S/C19H18ClN3O/c20-16-8-4-7-15(11-16)17(14-5-2-1-3-6-14)12-19(24)23-13-18-21-9-10-22-18/h1-11,17H,12-13H2,(H,21,22)(H,23,24). The van der Waals surface area contributed by atoms with E-state index in [4.69, 9.17) is 11.6 Å². The number of aromatic amines is 1. The van der Waals surface area contributed by atoms with Crippen LogP contribution in [0.2, 0.25) is 5.02 Å². The van der Waals surface area contributed by atoms with Crippen molar-refractivity contribution >= 4 is 17.5 Å². The number of benzene rings is 2. The first kappa shape index (κ1) is 16.3. The van der Waals surface area contributed by atoms with E-state index in [0.717, 1.165) is 17.0 Å². The predicted molar refractivity (Wildman–Crippen MR) is 94.8 cm³/mol. The minimum atomic E-state index is -0.0403. The average molecular weight is 340 g/mol. The maximum atomic E-state index is 12.4. The van der Waals surface area contributed by atoms with E-state index < -0.39 is 0 Å².